The molecule has 0 bridgehead atoms. The van der Waals surface area contributed by atoms with Gasteiger partial charge in [0, 0.05) is 29.4 Å². The number of hydrogen-bond acceptors (Lipinski definition) is 2. The van der Waals surface area contributed by atoms with Crippen LogP contribution in [0.2, 0.25) is 0 Å². The molecule has 0 aromatic heterocycles. The summed E-state index contributed by atoms with van der Waals surface area (Å²) in [7, 11) is 0. The van der Waals surface area contributed by atoms with Crippen LogP contribution in [0.15, 0.2) is 59.5 Å². The second-order valence-corrected chi connectivity index (χ2v) is 5.70. The summed E-state index contributed by atoms with van der Waals surface area (Å²) >= 11 is 1.92. The Labute approximate surface area is 120 Å². The summed E-state index contributed by atoms with van der Waals surface area (Å²) in [5.74, 6) is 1.12. The second-order valence-electron chi connectivity index (χ2n) is 4.53. The van der Waals surface area contributed by atoms with Crippen molar-refractivity contribution in [3.8, 4) is 0 Å². The van der Waals surface area contributed by atoms with Crippen LogP contribution in [0.25, 0.3) is 0 Å². The predicted molar refractivity (Wildman–Crippen MR) is 86.2 cm³/mol. The molecule has 0 aliphatic heterocycles. The van der Waals surface area contributed by atoms with Gasteiger partial charge in [-0.1, -0.05) is 36.4 Å². The molecule has 0 spiro atoms. The third kappa shape index (κ3) is 4.03. The van der Waals surface area contributed by atoms with Crippen LogP contribution in [-0.4, -0.2) is 18.8 Å². The molecule has 0 aliphatic rings. The summed E-state index contributed by atoms with van der Waals surface area (Å²) in [6.45, 7) is 6.54. The van der Waals surface area contributed by atoms with E-state index in [4.69, 9.17) is 0 Å². The lowest BCUT2D eigenvalue weighted by Gasteiger charge is -2.24. The van der Waals surface area contributed by atoms with Crippen LogP contribution < -0.4 is 4.90 Å². The van der Waals surface area contributed by atoms with Gasteiger partial charge in [0.25, 0.3) is 0 Å². The van der Waals surface area contributed by atoms with Crippen molar-refractivity contribution in [1.29, 1.82) is 0 Å². The summed E-state index contributed by atoms with van der Waals surface area (Å²) in [5.41, 5.74) is 2.72. The molecule has 0 N–H and O–H groups in total. The smallest absolute Gasteiger partial charge is 0.0396 e. The van der Waals surface area contributed by atoms with Gasteiger partial charge < -0.3 is 4.90 Å². The fourth-order valence-corrected chi connectivity index (χ4v) is 3.05. The SMILES string of the molecule is CCN(CCSc1ccccc1)c1ccccc1C. The Kier molecular flexibility index (Phi) is 5.34. The lowest BCUT2D eigenvalue weighted by Crippen LogP contribution is -2.26. The van der Waals surface area contributed by atoms with E-state index in [1.165, 1.54) is 16.1 Å². The van der Waals surface area contributed by atoms with Crippen molar-refractivity contribution in [1.82, 2.24) is 0 Å². The van der Waals surface area contributed by atoms with Gasteiger partial charge in [-0.05, 0) is 37.6 Å². The fraction of sp³-hybridized carbons (Fsp3) is 0.294. The Bertz CT molecular complexity index is 496. The van der Waals surface area contributed by atoms with Gasteiger partial charge in [-0.3, -0.25) is 0 Å². The average molecular weight is 271 g/mol. The van der Waals surface area contributed by atoms with E-state index in [0.717, 1.165) is 18.8 Å². The minimum atomic E-state index is 1.06. The van der Waals surface area contributed by atoms with Crippen molar-refractivity contribution >= 4 is 17.4 Å². The van der Waals surface area contributed by atoms with Crippen LogP contribution >= 0.6 is 11.8 Å². The lowest BCUT2D eigenvalue weighted by molar-refractivity contribution is 0.868. The van der Waals surface area contributed by atoms with Crippen molar-refractivity contribution < 1.29 is 0 Å². The molecule has 0 amide bonds. The molecule has 100 valence electrons. The van der Waals surface area contributed by atoms with Crippen LogP contribution in [0.3, 0.4) is 0 Å². The van der Waals surface area contributed by atoms with Crippen LogP contribution in [0, 0.1) is 6.92 Å². The Morgan fingerprint density at radius 1 is 0.947 bits per heavy atom. The maximum absolute atomic E-state index is 2.45. The molecule has 0 aliphatic carbocycles. The molecule has 0 unspecified atom stereocenters. The van der Waals surface area contributed by atoms with Gasteiger partial charge >= 0.3 is 0 Å². The topological polar surface area (TPSA) is 3.24 Å². The fourth-order valence-electron chi connectivity index (χ4n) is 2.16. The number of thioether (sulfide) groups is 1. The molecular weight excluding hydrogens is 250 g/mol. The summed E-state index contributed by atoms with van der Waals surface area (Å²) in [5, 5.41) is 0. The molecule has 2 heteroatoms. The maximum Gasteiger partial charge on any atom is 0.0396 e. The molecule has 0 atom stereocenters. The van der Waals surface area contributed by atoms with Crippen molar-refractivity contribution in [3.63, 3.8) is 0 Å². The standard InChI is InChI=1S/C17H21NS/c1-3-18(17-12-8-7-9-15(17)2)13-14-19-16-10-5-4-6-11-16/h4-12H,3,13-14H2,1-2H3. The van der Waals surface area contributed by atoms with Crippen LogP contribution in [0.4, 0.5) is 5.69 Å². The summed E-state index contributed by atoms with van der Waals surface area (Å²) < 4.78 is 0. The van der Waals surface area contributed by atoms with Gasteiger partial charge in [0.05, 0.1) is 0 Å². The molecule has 0 heterocycles. The molecule has 2 aromatic carbocycles. The summed E-state index contributed by atoms with van der Waals surface area (Å²) in [6, 6.07) is 19.2. The third-order valence-electron chi connectivity index (χ3n) is 3.21. The Hall–Kier alpha value is -1.41. The highest BCUT2D eigenvalue weighted by atomic mass is 32.2. The first kappa shape index (κ1) is 14.0. The van der Waals surface area contributed by atoms with Crippen LogP contribution in [0.5, 0.6) is 0 Å². The van der Waals surface area contributed by atoms with Crippen molar-refractivity contribution in [2.24, 2.45) is 0 Å². The summed E-state index contributed by atoms with van der Waals surface area (Å²) in [6.07, 6.45) is 0. The lowest BCUT2D eigenvalue weighted by atomic mass is 10.2. The van der Waals surface area contributed by atoms with Gasteiger partial charge in [0.1, 0.15) is 0 Å². The number of benzene rings is 2. The number of hydrogen-bond donors (Lipinski definition) is 0. The van der Waals surface area contributed by atoms with Gasteiger partial charge in [-0.2, -0.15) is 0 Å². The third-order valence-corrected chi connectivity index (χ3v) is 4.20. The molecular formula is C17H21NS. The number of para-hydroxylation sites is 1. The first-order valence-electron chi connectivity index (χ1n) is 6.79. The van der Waals surface area contributed by atoms with E-state index in [0.29, 0.717) is 0 Å². The van der Waals surface area contributed by atoms with E-state index in [-0.39, 0.29) is 0 Å². The molecule has 2 rings (SSSR count). The minimum absolute atomic E-state index is 1.06. The van der Waals surface area contributed by atoms with Crippen LogP contribution in [0.1, 0.15) is 12.5 Å². The van der Waals surface area contributed by atoms with E-state index in [1.807, 2.05) is 11.8 Å². The van der Waals surface area contributed by atoms with Gasteiger partial charge in [0.15, 0.2) is 0 Å². The second kappa shape index (κ2) is 7.25. The van der Waals surface area contributed by atoms with Crippen molar-refractivity contribution in [2.45, 2.75) is 18.7 Å². The monoisotopic (exact) mass is 271 g/mol. The highest BCUT2D eigenvalue weighted by molar-refractivity contribution is 7.99. The summed E-state index contributed by atoms with van der Waals surface area (Å²) in [4.78, 5) is 3.80. The van der Waals surface area contributed by atoms with E-state index in [9.17, 15) is 0 Å². The van der Waals surface area contributed by atoms with E-state index in [1.54, 1.807) is 0 Å². The Morgan fingerprint density at radius 2 is 1.63 bits per heavy atom. The van der Waals surface area contributed by atoms with Gasteiger partial charge in [0.2, 0.25) is 0 Å². The largest absolute Gasteiger partial charge is 0.371 e. The number of nitrogens with zero attached hydrogens (tertiary/aromatic N) is 1. The van der Waals surface area contributed by atoms with E-state index >= 15 is 0 Å². The molecule has 2 aromatic rings. The average Bonchev–Trinajstić information content (AvgIpc) is 2.46. The zero-order valence-electron chi connectivity index (χ0n) is 11.7. The first-order chi connectivity index (χ1) is 9.31. The molecule has 0 fully saturated rings. The van der Waals surface area contributed by atoms with Crippen molar-refractivity contribution in [3.05, 3.63) is 60.2 Å². The zero-order valence-corrected chi connectivity index (χ0v) is 12.5. The van der Waals surface area contributed by atoms with Crippen LogP contribution in [-0.2, 0) is 0 Å². The first-order valence-corrected chi connectivity index (χ1v) is 7.78. The highest BCUT2D eigenvalue weighted by Crippen LogP contribution is 2.21. The molecule has 19 heavy (non-hydrogen) atoms. The van der Waals surface area contributed by atoms with E-state index < -0.39 is 0 Å². The Balaban J connectivity index is 1.92. The highest BCUT2D eigenvalue weighted by Gasteiger charge is 2.06. The molecule has 0 saturated carbocycles. The van der Waals surface area contributed by atoms with Gasteiger partial charge in [-0.15, -0.1) is 11.8 Å². The minimum Gasteiger partial charge on any atom is -0.371 e. The Morgan fingerprint density at radius 3 is 2.32 bits per heavy atom. The molecule has 0 radical (unpaired) electrons. The number of anilines is 1. The maximum atomic E-state index is 2.45. The molecule has 1 nitrogen and oxygen atoms in total. The van der Waals surface area contributed by atoms with Gasteiger partial charge in [-0.25, -0.2) is 0 Å². The predicted octanol–water partition coefficient (Wildman–Crippen LogP) is 4.61. The van der Waals surface area contributed by atoms with E-state index in [2.05, 4.69) is 73.3 Å². The quantitative estimate of drug-likeness (QED) is 0.706. The zero-order chi connectivity index (χ0) is 13.5. The number of aryl methyl sites for hydroxylation is 1. The number of rotatable bonds is 6. The normalized spacial score (nSPS) is 10.4. The van der Waals surface area contributed by atoms with Crippen molar-refractivity contribution in [2.75, 3.05) is 23.7 Å². The molecule has 0 saturated heterocycles.